The van der Waals surface area contributed by atoms with E-state index < -0.39 is 31.1 Å². The van der Waals surface area contributed by atoms with Gasteiger partial charge in [-0.15, -0.1) is 0 Å². The van der Waals surface area contributed by atoms with Gasteiger partial charge < -0.3 is 25.8 Å². The van der Waals surface area contributed by atoms with Crippen LogP contribution in [0.5, 0.6) is 0 Å². The fourth-order valence-corrected chi connectivity index (χ4v) is 4.13. The number of rotatable bonds is 3. The Balaban J connectivity index is 1.58. The van der Waals surface area contributed by atoms with Gasteiger partial charge in [-0.3, -0.25) is 4.57 Å². The Morgan fingerprint density at radius 2 is 1.90 bits per heavy atom. The molecule has 1 aliphatic heterocycles. The number of aliphatic hydroxyl groups excluding tert-OH is 3. The van der Waals surface area contributed by atoms with E-state index in [9.17, 15) is 15.3 Å². The molecule has 0 radical (unpaired) electrons. The van der Waals surface area contributed by atoms with Crippen LogP contribution in [0.1, 0.15) is 57.0 Å². The van der Waals surface area contributed by atoms with Gasteiger partial charge in [0.1, 0.15) is 23.8 Å². The van der Waals surface area contributed by atoms with Crippen LogP contribution in [0, 0.1) is 17.8 Å². The average molecular weight is 401 g/mol. The topological polar surface area (TPSA) is 140 Å². The summed E-state index contributed by atoms with van der Waals surface area (Å²) in [6, 6.07) is 0. The summed E-state index contributed by atoms with van der Waals surface area (Å²) in [7, 11) is 0. The molecule has 0 spiro atoms. The molecule has 1 saturated carbocycles. The summed E-state index contributed by atoms with van der Waals surface area (Å²) < 4.78 is 7.07. The number of nitrogen functional groups attached to an aromatic ring is 1. The highest BCUT2D eigenvalue weighted by atomic mass is 16.6. The van der Waals surface area contributed by atoms with Gasteiger partial charge in [0.2, 0.25) is 5.82 Å². The second-order valence-electron chi connectivity index (χ2n) is 7.85. The van der Waals surface area contributed by atoms with Crippen molar-refractivity contribution in [2.45, 2.75) is 69.5 Å². The van der Waals surface area contributed by atoms with Crippen LogP contribution >= 0.6 is 0 Å². The summed E-state index contributed by atoms with van der Waals surface area (Å²) in [6.07, 6.45) is 5.58. The molecule has 0 aromatic carbocycles. The molecule has 1 saturated heterocycles. The summed E-state index contributed by atoms with van der Waals surface area (Å²) in [5.74, 6) is 7.30. The molecule has 9 nitrogen and oxygen atoms in total. The quantitative estimate of drug-likeness (QED) is 0.436. The SMILES string of the molecule is Nc1nc(C#CCC2CCCCCC2)nc2c1ncn2[C@@H]1O[C@H](CO)[C@@H](O)[C@H]1O. The fourth-order valence-electron chi connectivity index (χ4n) is 4.13. The maximum Gasteiger partial charge on any atom is 0.208 e. The number of nitrogens with zero attached hydrogens (tertiary/aromatic N) is 4. The normalized spacial score (nSPS) is 28.2. The van der Waals surface area contributed by atoms with E-state index in [2.05, 4.69) is 26.8 Å². The number of anilines is 1. The predicted molar refractivity (Wildman–Crippen MR) is 105 cm³/mol. The van der Waals surface area contributed by atoms with Crippen molar-refractivity contribution < 1.29 is 20.1 Å². The highest BCUT2D eigenvalue weighted by Gasteiger charge is 2.44. The first-order valence-corrected chi connectivity index (χ1v) is 10.2. The number of hydrogen-bond donors (Lipinski definition) is 4. The van der Waals surface area contributed by atoms with E-state index in [1.165, 1.54) is 49.4 Å². The summed E-state index contributed by atoms with van der Waals surface area (Å²) in [5, 5.41) is 29.6. The molecule has 4 atom stereocenters. The molecule has 9 heteroatoms. The van der Waals surface area contributed by atoms with Crippen LogP contribution in [-0.4, -0.2) is 59.8 Å². The molecule has 2 fully saturated rings. The van der Waals surface area contributed by atoms with Gasteiger partial charge in [-0.1, -0.05) is 31.6 Å². The van der Waals surface area contributed by atoms with Gasteiger partial charge in [-0.25, -0.2) is 15.0 Å². The fraction of sp³-hybridized carbons (Fsp3) is 0.650. The van der Waals surface area contributed by atoms with Crippen molar-refractivity contribution in [2.75, 3.05) is 12.3 Å². The van der Waals surface area contributed by atoms with Gasteiger partial charge in [0, 0.05) is 6.42 Å². The first-order valence-electron chi connectivity index (χ1n) is 10.2. The minimum Gasteiger partial charge on any atom is -0.394 e. The number of imidazole rings is 1. The van der Waals surface area contributed by atoms with Crippen molar-refractivity contribution >= 4 is 17.0 Å². The van der Waals surface area contributed by atoms with Crippen molar-refractivity contribution in [3.63, 3.8) is 0 Å². The molecule has 0 bridgehead atoms. The minimum atomic E-state index is -1.23. The van der Waals surface area contributed by atoms with Crippen LogP contribution in [0.4, 0.5) is 5.82 Å². The van der Waals surface area contributed by atoms with Gasteiger partial charge >= 0.3 is 0 Å². The summed E-state index contributed by atoms with van der Waals surface area (Å²) >= 11 is 0. The van der Waals surface area contributed by atoms with Gasteiger partial charge in [-0.2, -0.15) is 0 Å². The molecule has 3 heterocycles. The molecule has 2 aliphatic rings. The largest absolute Gasteiger partial charge is 0.394 e. The van der Waals surface area contributed by atoms with Gasteiger partial charge in [0.25, 0.3) is 0 Å². The van der Waals surface area contributed by atoms with Crippen molar-refractivity contribution in [1.29, 1.82) is 0 Å². The minimum absolute atomic E-state index is 0.194. The van der Waals surface area contributed by atoms with E-state index in [0.29, 0.717) is 17.1 Å². The Labute approximate surface area is 168 Å². The number of aromatic nitrogens is 4. The molecule has 4 rings (SSSR count). The van der Waals surface area contributed by atoms with E-state index in [1.54, 1.807) is 0 Å². The zero-order valence-electron chi connectivity index (χ0n) is 16.2. The Kier molecular flexibility index (Phi) is 5.96. The molecule has 2 aromatic heterocycles. The van der Waals surface area contributed by atoms with Crippen LogP contribution in [0.2, 0.25) is 0 Å². The van der Waals surface area contributed by atoms with E-state index in [4.69, 9.17) is 10.5 Å². The lowest BCUT2D eigenvalue weighted by molar-refractivity contribution is -0.0511. The van der Waals surface area contributed by atoms with Gasteiger partial charge in [0.15, 0.2) is 17.7 Å². The zero-order chi connectivity index (χ0) is 20.4. The summed E-state index contributed by atoms with van der Waals surface area (Å²) in [6.45, 7) is -0.406. The molecule has 0 unspecified atom stereocenters. The number of ether oxygens (including phenoxy) is 1. The third-order valence-electron chi connectivity index (χ3n) is 5.81. The van der Waals surface area contributed by atoms with Gasteiger partial charge in [-0.05, 0) is 24.7 Å². The van der Waals surface area contributed by atoms with E-state index in [-0.39, 0.29) is 11.6 Å². The standard InChI is InChI=1S/C20H27N5O4/c21-18-15-19(25(11-22-15)20-17(28)16(27)13(10-26)29-20)24-14(23-18)9-5-8-12-6-3-1-2-4-7-12/h11-13,16-17,20,26-28H,1-4,6-8,10H2,(H2,21,23,24)/t13-,16-,17-,20-/m1/s1. The molecule has 156 valence electrons. The number of nitrogens with two attached hydrogens (primary N) is 1. The van der Waals surface area contributed by atoms with E-state index >= 15 is 0 Å². The van der Waals surface area contributed by atoms with Crippen molar-refractivity contribution in [2.24, 2.45) is 5.92 Å². The second-order valence-corrected chi connectivity index (χ2v) is 7.85. The Hall–Kier alpha value is -2.25. The summed E-state index contributed by atoms with van der Waals surface area (Å²) in [4.78, 5) is 12.9. The molecule has 29 heavy (non-hydrogen) atoms. The maximum atomic E-state index is 10.3. The first kappa shape index (κ1) is 20.0. The van der Waals surface area contributed by atoms with Crippen LogP contribution < -0.4 is 5.73 Å². The molecular weight excluding hydrogens is 374 g/mol. The Bertz CT molecular complexity index is 913. The highest BCUT2D eigenvalue weighted by molar-refractivity contribution is 5.82. The van der Waals surface area contributed by atoms with Crippen molar-refractivity contribution in [1.82, 2.24) is 19.5 Å². The van der Waals surface area contributed by atoms with Crippen LogP contribution in [0.25, 0.3) is 11.2 Å². The molecule has 0 amide bonds. The smallest absolute Gasteiger partial charge is 0.208 e. The third kappa shape index (κ3) is 4.07. The zero-order valence-corrected chi connectivity index (χ0v) is 16.2. The number of aliphatic hydroxyl groups is 3. The second kappa shape index (κ2) is 8.63. The van der Waals surface area contributed by atoms with Crippen LogP contribution in [0.15, 0.2) is 6.33 Å². The van der Waals surface area contributed by atoms with Crippen LogP contribution in [-0.2, 0) is 4.74 Å². The molecule has 1 aliphatic carbocycles. The van der Waals surface area contributed by atoms with Crippen molar-refractivity contribution in [3.8, 4) is 11.8 Å². The molecule has 2 aromatic rings. The monoisotopic (exact) mass is 401 g/mol. The lowest BCUT2D eigenvalue weighted by atomic mass is 9.97. The molecule has 5 N–H and O–H groups in total. The number of hydrogen-bond acceptors (Lipinski definition) is 8. The van der Waals surface area contributed by atoms with E-state index in [0.717, 1.165) is 6.42 Å². The summed E-state index contributed by atoms with van der Waals surface area (Å²) in [5.41, 5.74) is 6.77. The lowest BCUT2D eigenvalue weighted by Crippen LogP contribution is -2.33. The average Bonchev–Trinajstić information content (AvgIpc) is 3.13. The number of fused-ring (bicyclic) bond motifs is 1. The van der Waals surface area contributed by atoms with Crippen molar-refractivity contribution in [3.05, 3.63) is 12.2 Å². The lowest BCUT2D eigenvalue weighted by Gasteiger charge is -2.16. The highest BCUT2D eigenvalue weighted by Crippen LogP contribution is 2.32. The molecular formula is C20H27N5O4. The third-order valence-corrected chi connectivity index (χ3v) is 5.81. The van der Waals surface area contributed by atoms with Crippen LogP contribution in [0.3, 0.4) is 0 Å². The van der Waals surface area contributed by atoms with Gasteiger partial charge in [0.05, 0.1) is 12.9 Å². The predicted octanol–water partition coefficient (Wildman–Crippen LogP) is 0.732. The maximum absolute atomic E-state index is 10.3. The van der Waals surface area contributed by atoms with E-state index in [1.807, 2.05) is 0 Å². The first-order chi connectivity index (χ1) is 14.1. The Morgan fingerprint density at radius 1 is 1.14 bits per heavy atom. The Morgan fingerprint density at radius 3 is 2.59 bits per heavy atom.